The zero-order valence-corrected chi connectivity index (χ0v) is 9.95. The van der Waals surface area contributed by atoms with Crippen LogP contribution in [-0.4, -0.2) is 49.7 Å². The summed E-state index contributed by atoms with van der Waals surface area (Å²) in [7, 11) is 1.64. The Labute approximate surface area is 92.0 Å². The first kappa shape index (κ1) is 12.9. The van der Waals surface area contributed by atoms with Gasteiger partial charge in [0.05, 0.1) is 31.0 Å². The van der Waals surface area contributed by atoms with Crippen molar-refractivity contribution in [1.29, 1.82) is 0 Å². The van der Waals surface area contributed by atoms with Crippen molar-refractivity contribution in [1.82, 2.24) is 5.32 Å². The summed E-state index contributed by atoms with van der Waals surface area (Å²) < 4.78 is 10.8. The summed E-state index contributed by atoms with van der Waals surface area (Å²) in [6.07, 6.45) is 2.46. The molecule has 1 saturated heterocycles. The first-order chi connectivity index (χ1) is 7.07. The molecule has 2 atom stereocenters. The largest absolute Gasteiger partial charge is 0.395 e. The topological polar surface area (TPSA) is 50.7 Å². The molecule has 1 aliphatic rings. The number of rotatable bonds is 6. The molecule has 4 nitrogen and oxygen atoms in total. The van der Waals surface area contributed by atoms with E-state index in [1.54, 1.807) is 7.11 Å². The molecule has 15 heavy (non-hydrogen) atoms. The maximum atomic E-state index is 9.05. The van der Waals surface area contributed by atoms with E-state index in [2.05, 4.69) is 19.2 Å². The van der Waals surface area contributed by atoms with Gasteiger partial charge >= 0.3 is 0 Å². The maximum Gasteiger partial charge on any atom is 0.0707 e. The quantitative estimate of drug-likeness (QED) is 0.682. The SMILES string of the molecule is COCC(CO)NCC1CCC(C)(C)O1. The van der Waals surface area contributed by atoms with Crippen LogP contribution in [0.15, 0.2) is 0 Å². The summed E-state index contributed by atoms with van der Waals surface area (Å²) in [5.74, 6) is 0. The zero-order chi connectivity index (χ0) is 11.3. The highest BCUT2D eigenvalue weighted by atomic mass is 16.5. The first-order valence-corrected chi connectivity index (χ1v) is 5.58. The number of hydrogen-bond donors (Lipinski definition) is 2. The Morgan fingerprint density at radius 1 is 1.60 bits per heavy atom. The molecule has 0 aromatic heterocycles. The predicted octanol–water partition coefficient (Wildman–Crippen LogP) is 0.541. The van der Waals surface area contributed by atoms with Gasteiger partial charge in [-0.1, -0.05) is 0 Å². The number of aliphatic hydroxyl groups excluding tert-OH is 1. The molecule has 2 unspecified atom stereocenters. The molecule has 0 amide bonds. The normalized spacial score (nSPS) is 26.8. The lowest BCUT2D eigenvalue weighted by Gasteiger charge is -2.21. The van der Waals surface area contributed by atoms with Gasteiger partial charge in [-0.25, -0.2) is 0 Å². The zero-order valence-electron chi connectivity index (χ0n) is 9.95. The molecule has 90 valence electrons. The Balaban J connectivity index is 2.19. The third kappa shape index (κ3) is 4.47. The minimum atomic E-state index is 0.0160. The van der Waals surface area contributed by atoms with E-state index in [1.165, 1.54) is 0 Å². The Morgan fingerprint density at radius 2 is 2.33 bits per heavy atom. The monoisotopic (exact) mass is 217 g/mol. The van der Waals surface area contributed by atoms with Gasteiger partial charge in [-0.3, -0.25) is 0 Å². The third-order valence-corrected chi connectivity index (χ3v) is 2.78. The van der Waals surface area contributed by atoms with E-state index in [0.717, 1.165) is 19.4 Å². The number of nitrogens with one attached hydrogen (secondary N) is 1. The molecule has 0 aromatic carbocycles. The van der Waals surface area contributed by atoms with Crippen LogP contribution in [0, 0.1) is 0 Å². The number of ether oxygens (including phenoxy) is 2. The van der Waals surface area contributed by atoms with Crippen LogP contribution < -0.4 is 5.32 Å². The average Bonchev–Trinajstić information content (AvgIpc) is 2.53. The fourth-order valence-electron chi connectivity index (χ4n) is 1.90. The first-order valence-electron chi connectivity index (χ1n) is 5.58. The van der Waals surface area contributed by atoms with Crippen molar-refractivity contribution in [2.45, 2.75) is 44.4 Å². The van der Waals surface area contributed by atoms with Crippen molar-refractivity contribution in [2.75, 3.05) is 26.9 Å². The lowest BCUT2D eigenvalue weighted by atomic mass is 10.1. The fourth-order valence-corrected chi connectivity index (χ4v) is 1.90. The highest BCUT2D eigenvalue weighted by Gasteiger charge is 2.31. The predicted molar refractivity (Wildman–Crippen MR) is 58.9 cm³/mol. The molecule has 1 rings (SSSR count). The van der Waals surface area contributed by atoms with E-state index < -0.39 is 0 Å². The Morgan fingerprint density at radius 3 is 2.80 bits per heavy atom. The van der Waals surface area contributed by atoms with Crippen molar-refractivity contribution in [3.63, 3.8) is 0 Å². The van der Waals surface area contributed by atoms with Gasteiger partial charge in [0.2, 0.25) is 0 Å². The molecule has 0 saturated carbocycles. The van der Waals surface area contributed by atoms with Crippen LogP contribution in [-0.2, 0) is 9.47 Å². The summed E-state index contributed by atoms with van der Waals surface area (Å²) in [6.45, 7) is 5.66. The van der Waals surface area contributed by atoms with Crippen LogP contribution in [0.3, 0.4) is 0 Å². The molecule has 2 N–H and O–H groups in total. The van der Waals surface area contributed by atoms with Gasteiger partial charge in [0.15, 0.2) is 0 Å². The summed E-state index contributed by atoms with van der Waals surface area (Å²) in [6, 6.07) is 0.0160. The van der Waals surface area contributed by atoms with Crippen LogP contribution in [0.2, 0.25) is 0 Å². The van der Waals surface area contributed by atoms with Crippen LogP contribution in [0.5, 0.6) is 0 Å². The van der Waals surface area contributed by atoms with E-state index in [0.29, 0.717) is 6.61 Å². The molecule has 0 aliphatic carbocycles. The highest BCUT2D eigenvalue weighted by molar-refractivity contribution is 4.82. The third-order valence-electron chi connectivity index (χ3n) is 2.78. The molecular formula is C11H23NO3. The average molecular weight is 217 g/mol. The second-order valence-electron chi connectivity index (χ2n) is 4.78. The van der Waals surface area contributed by atoms with Crippen LogP contribution in [0.1, 0.15) is 26.7 Å². The smallest absolute Gasteiger partial charge is 0.0707 e. The highest BCUT2D eigenvalue weighted by Crippen LogP contribution is 2.28. The standard InChI is InChI=1S/C11H23NO3/c1-11(2)5-4-10(15-11)6-12-9(7-13)8-14-3/h9-10,12-13H,4-8H2,1-3H3. The summed E-state index contributed by atoms with van der Waals surface area (Å²) >= 11 is 0. The second-order valence-corrected chi connectivity index (χ2v) is 4.78. The van der Waals surface area contributed by atoms with Crippen molar-refractivity contribution in [3.05, 3.63) is 0 Å². The van der Waals surface area contributed by atoms with E-state index in [9.17, 15) is 0 Å². The minimum Gasteiger partial charge on any atom is -0.395 e. The van der Waals surface area contributed by atoms with Gasteiger partial charge in [-0.05, 0) is 26.7 Å². The maximum absolute atomic E-state index is 9.05. The molecule has 1 heterocycles. The van der Waals surface area contributed by atoms with Crippen molar-refractivity contribution < 1.29 is 14.6 Å². The Bertz CT molecular complexity index is 185. The van der Waals surface area contributed by atoms with E-state index in [4.69, 9.17) is 14.6 Å². The fraction of sp³-hybridized carbons (Fsp3) is 1.00. The number of hydrogen-bond acceptors (Lipinski definition) is 4. The molecule has 0 aromatic rings. The van der Waals surface area contributed by atoms with Gasteiger partial charge < -0.3 is 19.9 Å². The van der Waals surface area contributed by atoms with Gasteiger partial charge in [0.25, 0.3) is 0 Å². The number of aliphatic hydroxyl groups is 1. The van der Waals surface area contributed by atoms with Gasteiger partial charge in [-0.2, -0.15) is 0 Å². The van der Waals surface area contributed by atoms with Crippen molar-refractivity contribution in [3.8, 4) is 0 Å². The van der Waals surface area contributed by atoms with Gasteiger partial charge in [0.1, 0.15) is 0 Å². The Kier molecular flexibility index (Phi) is 4.99. The summed E-state index contributed by atoms with van der Waals surface area (Å²) in [5, 5.41) is 12.3. The summed E-state index contributed by atoms with van der Waals surface area (Å²) in [4.78, 5) is 0. The molecule has 0 bridgehead atoms. The van der Waals surface area contributed by atoms with E-state index in [1.807, 2.05) is 0 Å². The number of methoxy groups -OCH3 is 1. The molecule has 4 heteroatoms. The minimum absolute atomic E-state index is 0.0160. The van der Waals surface area contributed by atoms with E-state index in [-0.39, 0.29) is 24.4 Å². The molecule has 1 aliphatic heterocycles. The van der Waals surface area contributed by atoms with Crippen molar-refractivity contribution >= 4 is 0 Å². The Hall–Kier alpha value is -0.160. The molecule has 1 fully saturated rings. The molecule has 0 radical (unpaired) electrons. The van der Waals surface area contributed by atoms with Crippen molar-refractivity contribution in [2.24, 2.45) is 0 Å². The second kappa shape index (κ2) is 5.80. The van der Waals surface area contributed by atoms with Crippen LogP contribution >= 0.6 is 0 Å². The van der Waals surface area contributed by atoms with Gasteiger partial charge in [0, 0.05) is 13.7 Å². The van der Waals surface area contributed by atoms with Gasteiger partial charge in [-0.15, -0.1) is 0 Å². The van der Waals surface area contributed by atoms with Crippen LogP contribution in [0.25, 0.3) is 0 Å². The van der Waals surface area contributed by atoms with E-state index >= 15 is 0 Å². The molecule has 0 spiro atoms. The molecular weight excluding hydrogens is 194 g/mol. The lowest BCUT2D eigenvalue weighted by Crippen LogP contribution is -2.41. The summed E-state index contributed by atoms with van der Waals surface area (Å²) in [5.41, 5.74) is 0.0162. The lowest BCUT2D eigenvalue weighted by molar-refractivity contribution is -0.0169. The van der Waals surface area contributed by atoms with Crippen LogP contribution in [0.4, 0.5) is 0 Å².